The Kier molecular flexibility index (Phi) is 5.12. The number of carbonyl (C=O) groups excluding carboxylic acids is 1. The number of hydrogen-bond acceptors (Lipinski definition) is 4. The highest BCUT2D eigenvalue weighted by atomic mass is 32.1. The third kappa shape index (κ3) is 3.83. The predicted molar refractivity (Wildman–Crippen MR) is 109 cm³/mol. The largest absolute Gasteiger partial charge is 0.481 e. The number of nitrogens with zero attached hydrogens (tertiary/aromatic N) is 2. The summed E-state index contributed by atoms with van der Waals surface area (Å²) in [6.45, 7) is 4.64. The van der Waals surface area contributed by atoms with Crippen molar-refractivity contribution in [1.29, 1.82) is 0 Å². The molecule has 1 aliphatic heterocycles. The minimum absolute atomic E-state index is 0.0412. The van der Waals surface area contributed by atoms with Crippen LogP contribution in [0.25, 0.3) is 10.2 Å². The molecule has 0 aliphatic carbocycles. The summed E-state index contributed by atoms with van der Waals surface area (Å²) >= 11 is 1.70. The zero-order chi connectivity index (χ0) is 18.8. The Balaban J connectivity index is 1.54. The van der Waals surface area contributed by atoms with Gasteiger partial charge in [0.2, 0.25) is 0 Å². The summed E-state index contributed by atoms with van der Waals surface area (Å²) in [7, 11) is 0. The van der Waals surface area contributed by atoms with E-state index in [9.17, 15) is 4.79 Å². The molecule has 2 atom stereocenters. The van der Waals surface area contributed by atoms with Crippen molar-refractivity contribution in [1.82, 2.24) is 9.88 Å². The molecule has 1 saturated heterocycles. The molecule has 0 unspecified atom stereocenters. The highest BCUT2D eigenvalue weighted by molar-refractivity contribution is 7.18. The molecule has 0 radical (unpaired) electrons. The van der Waals surface area contributed by atoms with Crippen LogP contribution in [0.2, 0.25) is 0 Å². The number of amides is 1. The summed E-state index contributed by atoms with van der Waals surface area (Å²) in [5.41, 5.74) is 2.19. The van der Waals surface area contributed by atoms with Crippen molar-refractivity contribution >= 4 is 27.5 Å². The van der Waals surface area contributed by atoms with E-state index in [1.165, 1.54) is 10.3 Å². The number of thiazole rings is 1. The first-order valence-electron chi connectivity index (χ1n) is 9.51. The van der Waals surface area contributed by atoms with Crippen molar-refractivity contribution in [3.05, 3.63) is 59.1 Å². The minimum atomic E-state index is -0.511. The van der Waals surface area contributed by atoms with Crippen LogP contribution in [0.5, 0.6) is 5.75 Å². The third-order valence-corrected chi connectivity index (χ3v) is 6.20. The lowest BCUT2D eigenvalue weighted by Gasteiger charge is -2.36. The van der Waals surface area contributed by atoms with Crippen LogP contribution in [-0.4, -0.2) is 28.4 Å². The maximum Gasteiger partial charge on any atom is 0.263 e. The van der Waals surface area contributed by atoms with E-state index in [1.807, 2.05) is 61.2 Å². The van der Waals surface area contributed by atoms with Crippen LogP contribution in [0.15, 0.2) is 48.5 Å². The van der Waals surface area contributed by atoms with Crippen molar-refractivity contribution in [3.8, 4) is 5.75 Å². The molecular formula is C22H24N2O2S. The quantitative estimate of drug-likeness (QED) is 0.630. The normalized spacial score (nSPS) is 18.4. The molecule has 4 nitrogen and oxygen atoms in total. The van der Waals surface area contributed by atoms with Crippen LogP contribution in [0.4, 0.5) is 0 Å². The fraction of sp³-hybridized carbons (Fsp3) is 0.364. The molecule has 1 amide bonds. The van der Waals surface area contributed by atoms with Crippen molar-refractivity contribution in [2.24, 2.45) is 0 Å². The van der Waals surface area contributed by atoms with Crippen molar-refractivity contribution < 1.29 is 9.53 Å². The molecule has 0 saturated carbocycles. The Morgan fingerprint density at radius 1 is 1.19 bits per heavy atom. The van der Waals surface area contributed by atoms with Crippen LogP contribution >= 0.6 is 11.3 Å². The molecule has 1 aliphatic rings. The molecule has 0 N–H and O–H groups in total. The van der Waals surface area contributed by atoms with Gasteiger partial charge in [-0.3, -0.25) is 4.79 Å². The topological polar surface area (TPSA) is 42.4 Å². The molecule has 2 aromatic carbocycles. The minimum Gasteiger partial charge on any atom is -0.481 e. The Labute approximate surface area is 163 Å². The summed E-state index contributed by atoms with van der Waals surface area (Å²) in [5, 5.41) is 1.03. The zero-order valence-corrected chi connectivity index (χ0v) is 16.5. The number of carbonyl (C=O) groups is 1. The number of rotatable bonds is 4. The average Bonchev–Trinajstić information content (AvgIpc) is 3.13. The SMILES string of the molecule is Cc1ccc(O[C@H](C)C(=O)N2CCCC[C@@H]2c2nc3ccccc3s2)cc1. The molecule has 2 heterocycles. The fourth-order valence-electron chi connectivity index (χ4n) is 3.59. The number of para-hydroxylation sites is 1. The molecule has 1 fully saturated rings. The van der Waals surface area contributed by atoms with Crippen molar-refractivity contribution in [3.63, 3.8) is 0 Å². The van der Waals surface area contributed by atoms with E-state index in [4.69, 9.17) is 9.72 Å². The number of benzene rings is 2. The first-order valence-corrected chi connectivity index (χ1v) is 10.3. The summed E-state index contributed by atoms with van der Waals surface area (Å²) < 4.78 is 7.09. The van der Waals surface area contributed by atoms with Crippen molar-refractivity contribution in [2.45, 2.75) is 45.3 Å². The number of piperidine rings is 1. The van der Waals surface area contributed by atoms with Gasteiger partial charge in [0.1, 0.15) is 10.8 Å². The number of likely N-dealkylation sites (tertiary alicyclic amines) is 1. The van der Waals surface area contributed by atoms with E-state index in [2.05, 4.69) is 6.07 Å². The zero-order valence-electron chi connectivity index (χ0n) is 15.7. The van der Waals surface area contributed by atoms with Gasteiger partial charge in [-0.25, -0.2) is 4.98 Å². The Morgan fingerprint density at radius 3 is 2.74 bits per heavy atom. The Morgan fingerprint density at radius 2 is 1.96 bits per heavy atom. The van der Waals surface area contributed by atoms with Gasteiger partial charge in [0.25, 0.3) is 5.91 Å². The first kappa shape index (κ1) is 18.0. The van der Waals surface area contributed by atoms with Gasteiger partial charge in [-0.1, -0.05) is 29.8 Å². The second kappa shape index (κ2) is 7.69. The lowest BCUT2D eigenvalue weighted by molar-refractivity contribution is -0.142. The standard InChI is InChI=1S/C22H24N2O2S/c1-15-10-12-17(13-11-15)26-16(2)22(25)24-14-6-5-8-19(24)21-23-18-7-3-4-9-20(18)27-21/h3-4,7,9-13,16,19H,5-6,8,14H2,1-2H3/t16-,19-/m1/s1. The van der Waals surface area contributed by atoms with Gasteiger partial charge in [-0.05, 0) is 57.4 Å². The van der Waals surface area contributed by atoms with Gasteiger partial charge in [0.15, 0.2) is 6.10 Å². The van der Waals surface area contributed by atoms with E-state index in [0.717, 1.165) is 42.1 Å². The molecule has 140 valence electrons. The lowest BCUT2D eigenvalue weighted by Crippen LogP contribution is -2.44. The molecule has 3 aromatic rings. The number of aromatic nitrogens is 1. The van der Waals surface area contributed by atoms with E-state index < -0.39 is 6.10 Å². The fourth-order valence-corrected chi connectivity index (χ4v) is 4.70. The van der Waals surface area contributed by atoms with Gasteiger partial charge >= 0.3 is 0 Å². The van der Waals surface area contributed by atoms with Crippen molar-refractivity contribution in [2.75, 3.05) is 6.54 Å². The Bertz CT molecular complexity index is 902. The van der Waals surface area contributed by atoms with Crippen LogP contribution in [-0.2, 0) is 4.79 Å². The van der Waals surface area contributed by atoms with E-state index in [0.29, 0.717) is 0 Å². The predicted octanol–water partition coefficient (Wildman–Crippen LogP) is 5.13. The molecule has 4 rings (SSSR count). The Hall–Kier alpha value is -2.40. The highest BCUT2D eigenvalue weighted by Gasteiger charge is 2.33. The number of aryl methyl sites for hydroxylation is 1. The number of ether oxygens (including phenoxy) is 1. The van der Waals surface area contributed by atoms with Gasteiger partial charge in [-0.2, -0.15) is 0 Å². The van der Waals surface area contributed by atoms with Crippen LogP contribution in [0.1, 0.15) is 42.8 Å². The lowest BCUT2D eigenvalue weighted by atomic mass is 10.0. The summed E-state index contributed by atoms with van der Waals surface area (Å²) in [5.74, 6) is 0.773. The van der Waals surface area contributed by atoms with Gasteiger partial charge in [0.05, 0.1) is 16.3 Å². The summed E-state index contributed by atoms with van der Waals surface area (Å²) in [6, 6.07) is 16.0. The molecule has 0 spiro atoms. The molecule has 27 heavy (non-hydrogen) atoms. The molecule has 1 aromatic heterocycles. The second-order valence-corrected chi connectivity index (χ2v) is 8.20. The second-order valence-electron chi connectivity index (χ2n) is 7.14. The average molecular weight is 381 g/mol. The van der Waals surface area contributed by atoms with E-state index in [-0.39, 0.29) is 11.9 Å². The van der Waals surface area contributed by atoms with Gasteiger partial charge in [0, 0.05) is 6.54 Å². The highest BCUT2D eigenvalue weighted by Crippen LogP contribution is 2.36. The monoisotopic (exact) mass is 380 g/mol. The number of fused-ring (bicyclic) bond motifs is 1. The van der Waals surface area contributed by atoms with Gasteiger partial charge < -0.3 is 9.64 Å². The van der Waals surface area contributed by atoms with E-state index >= 15 is 0 Å². The van der Waals surface area contributed by atoms with Gasteiger partial charge in [-0.15, -0.1) is 11.3 Å². The smallest absolute Gasteiger partial charge is 0.263 e. The number of hydrogen-bond donors (Lipinski definition) is 0. The van der Waals surface area contributed by atoms with Crippen LogP contribution < -0.4 is 4.74 Å². The van der Waals surface area contributed by atoms with Crippen LogP contribution in [0, 0.1) is 6.92 Å². The molecule has 5 heteroatoms. The van der Waals surface area contributed by atoms with Crippen LogP contribution in [0.3, 0.4) is 0 Å². The maximum atomic E-state index is 13.1. The summed E-state index contributed by atoms with van der Waals surface area (Å²) in [4.78, 5) is 19.9. The van der Waals surface area contributed by atoms with E-state index in [1.54, 1.807) is 11.3 Å². The summed E-state index contributed by atoms with van der Waals surface area (Å²) in [6.07, 6.45) is 2.60. The maximum absolute atomic E-state index is 13.1. The third-order valence-electron chi connectivity index (χ3n) is 5.06. The molecule has 0 bridgehead atoms. The molecular weight excluding hydrogens is 356 g/mol. The first-order chi connectivity index (χ1) is 13.1.